The van der Waals surface area contributed by atoms with Crippen molar-refractivity contribution in [3.05, 3.63) is 55.8 Å². The van der Waals surface area contributed by atoms with Gasteiger partial charge in [0.25, 0.3) is 0 Å². The molecule has 0 aliphatic heterocycles. The molecule has 0 unspecified atom stereocenters. The largest absolute Gasteiger partial charge is 0.457 e. The maximum atomic E-state index is 10.7. The van der Waals surface area contributed by atoms with Crippen LogP contribution in [0.25, 0.3) is 0 Å². The second-order valence-electron chi connectivity index (χ2n) is 5.70. The SMILES string of the molecule is CC(C)(C)c1ccc(Oc2cc(Br)c(N=O)c(Br)c2)cc1. The van der Waals surface area contributed by atoms with Crippen LogP contribution in [0.4, 0.5) is 5.69 Å². The van der Waals surface area contributed by atoms with Crippen LogP contribution in [0.15, 0.2) is 50.5 Å². The van der Waals surface area contributed by atoms with Crippen LogP contribution in [0.2, 0.25) is 0 Å². The molecule has 0 heterocycles. The molecule has 0 amide bonds. The number of nitrogens with zero attached hydrogens (tertiary/aromatic N) is 1. The van der Waals surface area contributed by atoms with E-state index >= 15 is 0 Å². The van der Waals surface area contributed by atoms with Crippen LogP contribution >= 0.6 is 31.9 Å². The topological polar surface area (TPSA) is 38.7 Å². The smallest absolute Gasteiger partial charge is 0.136 e. The zero-order valence-electron chi connectivity index (χ0n) is 12.0. The molecule has 3 nitrogen and oxygen atoms in total. The molecule has 0 bridgehead atoms. The molecule has 0 saturated carbocycles. The predicted octanol–water partition coefficient (Wildman–Crippen LogP) is 6.70. The van der Waals surface area contributed by atoms with Gasteiger partial charge in [-0.1, -0.05) is 32.9 Å². The summed E-state index contributed by atoms with van der Waals surface area (Å²) in [6.07, 6.45) is 0. The Bertz CT molecular complexity index is 638. The van der Waals surface area contributed by atoms with Gasteiger partial charge in [-0.05, 0) is 72.3 Å². The fourth-order valence-corrected chi connectivity index (χ4v) is 3.14. The molecule has 0 aliphatic carbocycles. The lowest BCUT2D eigenvalue weighted by Crippen LogP contribution is -2.10. The minimum absolute atomic E-state index is 0.113. The van der Waals surface area contributed by atoms with Crippen LogP contribution in [0.5, 0.6) is 11.5 Å². The maximum absolute atomic E-state index is 10.7. The van der Waals surface area contributed by atoms with E-state index in [0.717, 1.165) is 5.75 Å². The van der Waals surface area contributed by atoms with E-state index in [4.69, 9.17) is 4.74 Å². The maximum Gasteiger partial charge on any atom is 0.136 e. The van der Waals surface area contributed by atoms with Crippen molar-refractivity contribution < 1.29 is 4.74 Å². The molecular weight excluding hydrogens is 398 g/mol. The Hall–Kier alpha value is -1.20. The molecule has 0 saturated heterocycles. The number of halogens is 2. The van der Waals surface area contributed by atoms with E-state index in [1.807, 2.05) is 12.1 Å². The summed E-state index contributed by atoms with van der Waals surface area (Å²) in [4.78, 5) is 10.7. The Labute approximate surface area is 140 Å². The molecular formula is C16H15Br2NO2. The molecule has 5 heteroatoms. The monoisotopic (exact) mass is 411 g/mol. The standard InChI is InChI=1S/C16H15Br2NO2/c1-16(2,3)10-4-6-11(7-5-10)21-12-8-13(17)15(19-20)14(18)9-12/h4-9H,1-3H3. The van der Waals surface area contributed by atoms with Crippen LogP contribution in [-0.4, -0.2) is 0 Å². The van der Waals surface area contributed by atoms with Crippen LogP contribution in [-0.2, 0) is 5.41 Å². The average molecular weight is 413 g/mol. The molecule has 2 rings (SSSR count). The first-order chi connectivity index (χ1) is 9.81. The Kier molecular flexibility index (Phi) is 4.84. The third kappa shape index (κ3) is 3.92. The minimum Gasteiger partial charge on any atom is -0.457 e. The van der Waals surface area contributed by atoms with Crippen molar-refractivity contribution in [2.75, 3.05) is 0 Å². The van der Waals surface area contributed by atoms with Gasteiger partial charge in [0.2, 0.25) is 0 Å². The molecule has 110 valence electrons. The predicted molar refractivity (Wildman–Crippen MR) is 92.5 cm³/mol. The molecule has 0 aromatic heterocycles. The van der Waals surface area contributed by atoms with Crippen molar-refractivity contribution in [2.24, 2.45) is 5.18 Å². The highest BCUT2D eigenvalue weighted by Gasteiger charge is 2.13. The number of ether oxygens (including phenoxy) is 1. The third-order valence-corrected chi connectivity index (χ3v) is 4.25. The van der Waals surface area contributed by atoms with Gasteiger partial charge < -0.3 is 4.74 Å². The van der Waals surface area contributed by atoms with Crippen molar-refractivity contribution in [3.63, 3.8) is 0 Å². The molecule has 21 heavy (non-hydrogen) atoms. The number of hydrogen-bond donors (Lipinski definition) is 0. The Morgan fingerprint density at radius 2 is 1.48 bits per heavy atom. The van der Waals surface area contributed by atoms with Gasteiger partial charge in [0.05, 0.1) is 8.95 Å². The zero-order chi connectivity index (χ0) is 15.6. The number of hydrogen-bond acceptors (Lipinski definition) is 3. The summed E-state index contributed by atoms with van der Waals surface area (Å²) in [6, 6.07) is 11.4. The van der Waals surface area contributed by atoms with Gasteiger partial charge in [-0.25, -0.2) is 0 Å². The normalized spacial score (nSPS) is 11.3. The first-order valence-electron chi connectivity index (χ1n) is 6.42. The van der Waals surface area contributed by atoms with E-state index in [9.17, 15) is 4.91 Å². The fourth-order valence-electron chi connectivity index (χ4n) is 1.85. The highest BCUT2D eigenvalue weighted by atomic mass is 79.9. The molecule has 0 aliphatic rings. The minimum atomic E-state index is 0.113. The molecule has 0 fully saturated rings. The van der Waals surface area contributed by atoms with Crippen LogP contribution in [0.1, 0.15) is 26.3 Å². The summed E-state index contributed by atoms with van der Waals surface area (Å²) in [7, 11) is 0. The molecule has 0 N–H and O–H groups in total. The second kappa shape index (κ2) is 6.28. The van der Waals surface area contributed by atoms with Crippen LogP contribution in [0.3, 0.4) is 0 Å². The summed E-state index contributed by atoms with van der Waals surface area (Å²) in [5, 5.41) is 2.96. The van der Waals surface area contributed by atoms with Crippen molar-refractivity contribution in [1.82, 2.24) is 0 Å². The summed E-state index contributed by atoms with van der Waals surface area (Å²) in [6.45, 7) is 6.51. The first kappa shape index (κ1) is 16.2. The molecule has 0 radical (unpaired) electrons. The van der Waals surface area contributed by atoms with Gasteiger partial charge in [-0.2, -0.15) is 0 Å². The highest BCUT2D eigenvalue weighted by Crippen LogP contribution is 2.38. The van der Waals surface area contributed by atoms with E-state index in [1.165, 1.54) is 5.56 Å². The third-order valence-electron chi connectivity index (χ3n) is 3.04. The quantitative estimate of drug-likeness (QED) is 0.526. The van der Waals surface area contributed by atoms with Crippen LogP contribution in [0, 0.1) is 4.91 Å². The Balaban J connectivity index is 2.25. The van der Waals surface area contributed by atoms with Crippen molar-refractivity contribution in [1.29, 1.82) is 0 Å². The van der Waals surface area contributed by atoms with Gasteiger partial charge in [-0.15, -0.1) is 4.91 Å². The second-order valence-corrected chi connectivity index (χ2v) is 7.41. The van der Waals surface area contributed by atoms with E-state index in [-0.39, 0.29) is 5.41 Å². The summed E-state index contributed by atoms with van der Waals surface area (Å²) in [5.74, 6) is 1.37. The van der Waals surface area contributed by atoms with Crippen LogP contribution < -0.4 is 4.74 Å². The lowest BCUT2D eigenvalue weighted by Gasteiger charge is -2.19. The average Bonchev–Trinajstić information content (AvgIpc) is 2.38. The van der Waals surface area contributed by atoms with Gasteiger partial charge in [-0.3, -0.25) is 0 Å². The Morgan fingerprint density at radius 1 is 0.952 bits per heavy atom. The van der Waals surface area contributed by atoms with E-state index < -0.39 is 0 Å². The zero-order valence-corrected chi connectivity index (χ0v) is 15.2. The van der Waals surface area contributed by atoms with Gasteiger partial charge in [0, 0.05) is 0 Å². The lowest BCUT2D eigenvalue weighted by molar-refractivity contribution is 0.481. The summed E-state index contributed by atoms with van der Waals surface area (Å²) >= 11 is 6.61. The van der Waals surface area contributed by atoms with Crippen molar-refractivity contribution >= 4 is 37.5 Å². The summed E-state index contributed by atoms with van der Waals surface area (Å²) < 4.78 is 6.99. The van der Waals surface area contributed by atoms with Gasteiger partial charge in [0.1, 0.15) is 17.2 Å². The highest BCUT2D eigenvalue weighted by molar-refractivity contribution is 9.11. The van der Waals surface area contributed by atoms with Crippen molar-refractivity contribution in [2.45, 2.75) is 26.2 Å². The molecule has 2 aromatic carbocycles. The molecule has 0 spiro atoms. The fraction of sp³-hybridized carbons (Fsp3) is 0.250. The molecule has 0 atom stereocenters. The number of benzene rings is 2. The van der Waals surface area contributed by atoms with Gasteiger partial charge in [0.15, 0.2) is 0 Å². The van der Waals surface area contributed by atoms with E-state index in [1.54, 1.807) is 12.1 Å². The first-order valence-corrected chi connectivity index (χ1v) is 8.00. The van der Waals surface area contributed by atoms with E-state index in [0.29, 0.717) is 20.4 Å². The summed E-state index contributed by atoms with van der Waals surface area (Å²) in [5.41, 5.74) is 1.69. The lowest BCUT2D eigenvalue weighted by atomic mass is 9.87. The number of nitroso groups, excluding NO2 is 1. The number of rotatable bonds is 3. The Morgan fingerprint density at radius 3 is 1.90 bits per heavy atom. The molecule has 2 aromatic rings. The van der Waals surface area contributed by atoms with Gasteiger partial charge >= 0.3 is 0 Å². The van der Waals surface area contributed by atoms with E-state index in [2.05, 4.69) is 69.9 Å². The van der Waals surface area contributed by atoms with Crippen molar-refractivity contribution in [3.8, 4) is 11.5 Å².